The third-order valence-electron chi connectivity index (χ3n) is 3.49. The Morgan fingerprint density at radius 1 is 1.29 bits per heavy atom. The van der Waals surface area contributed by atoms with Crippen molar-refractivity contribution >= 4 is 16.7 Å². The number of anilines is 1. The summed E-state index contributed by atoms with van der Waals surface area (Å²) in [6.45, 7) is 2.25. The van der Waals surface area contributed by atoms with Crippen LogP contribution in [0, 0.1) is 0 Å². The first-order valence-corrected chi connectivity index (χ1v) is 6.01. The number of nitrogens with zero attached hydrogens (tertiary/aromatic N) is 4. The van der Waals surface area contributed by atoms with Gasteiger partial charge in [0, 0.05) is 5.39 Å². The SMILES string of the molecule is CN1CCC(n2ncc3cc(N)cnc32)CC1. The second-order valence-electron chi connectivity index (χ2n) is 4.81. The molecule has 2 aromatic rings. The molecular formula is C12H17N5. The van der Waals surface area contributed by atoms with E-state index in [1.807, 2.05) is 12.3 Å². The zero-order valence-corrected chi connectivity index (χ0v) is 10.0. The smallest absolute Gasteiger partial charge is 0.158 e. The fourth-order valence-electron chi connectivity index (χ4n) is 2.46. The molecule has 1 saturated heterocycles. The Kier molecular flexibility index (Phi) is 2.48. The number of nitrogens with two attached hydrogens (primary N) is 1. The summed E-state index contributed by atoms with van der Waals surface area (Å²) >= 11 is 0. The highest BCUT2D eigenvalue weighted by atomic mass is 15.3. The van der Waals surface area contributed by atoms with E-state index in [9.17, 15) is 0 Å². The van der Waals surface area contributed by atoms with Gasteiger partial charge >= 0.3 is 0 Å². The number of rotatable bonds is 1. The molecule has 2 N–H and O–H groups in total. The quantitative estimate of drug-likeness (QED) is 0.803. The Morgan fingerprint density at radius 3 is 2.82 bits per heavy atom. The van der Waals surface area contributed by atoms with E-state index < -0.39 is 0 Å². The first kappa shape index (κ1) is 10.5. The lowest BCUT2D eigenvalue weighted by Gasteiger charge is -2.29. The summed E-state index contributed by atoms with van der Waals surface area (Å²) in [6.07, 6.45) is 5.84. The van der Waals surface area contributed by atoms with Crippen molar-refractivity contribution in [3.05, 3.63) is 18.5 Å². The number of fused-ring (bicyclic) bond motifs is 1. The van der Waals surface area contributed by atoms with Crippen molar-refractivity contribution in [1.82, 2.24) is 19.7 Å². The van der Waals surface area contributed by atoms with Crippen LogP contribution in [0.1, 0.15) is 18.9 Å². The number of pyridine rings is 1. The summed E-state index contributed by atoms with van der Waals surface area (Å²) in [6, 6.07) is 2.40. The molecule has 3 heterocycles. The minimum Gasteiger partial charge on any atom is -0.397 e. The third kappa shape index (κ3) is 1.86. The number of piperidine rings is 1. The van der Waals surface area contributed by atoms with Crippen molar-refractivity contribution in [1.29, 1.82) is 0 Å². The van der Waals surface area contributed by atoms with Crippen molar-refractivity contribution < 1.29 is 0 Å². The molecule has 90 valence electrons. The van der Waals surface area contributed by atoms with Crippen LogP contribution in [-0.4, -0.2) is 39.8 Å². The zero-order valence-electron chi connectivity index (χ0n) is 10.0. The molecule has 0 atom stereocenters. The van der Waals surface area contributed by atoms with Crippen LogP contribution in [0.15, 0.2) is 18.5 Å². The van der Waals surface area contributed by atoms with Crippen LogP contribution in [0.4, 0.5) is 5.69 Å². The van der Waals surface area contributed by atoms with Crippen LogP contribution in [0.25, 0.3) is 11.0 Å². The number of hydrogen-bond acceptors (Lipinski definition) is 4. The molecule has 1 aliphatic rings. The summed E-state index contributed by atoms with van der Waals surface area (Å²) in [7, 11) is 2.16. The molecule has 0 aliphatic carbocycles. The predicted octanol–water partition coefficient (Wildman–Crippen LogP) is 1.28. The fraction of sp³-hybridized carbons (Fsp3) is 0.500. The average Bonchev–Trinajstić information content (AvgIpc) is 2.73. The van der Waals surface area contributed by atoms with Crippen molar-refractivity contribution in [3.63, 3.8) is 0 Å². The molecule has 5 nitrogen and oxygen atoms in total. The van der Waals surface area contributed by atoms with Gasteiger partial charge < -0.3 is 10.6 Å². The lowest BCUT2D eigenvalue weighted by Crippen LogP contribution is -2.31. The van der Waals surface area contributed by atoms with Gasteiger partial charge in [-0.3, -0.25) is 0 Å². The maximum Gasteiger partial charge on any atom is 0.158 e. The topological polar surface area (TPSA) is 60.0 Å². The first-order chi connectivity index (χ1) is 8.24. The molecular weight excluding hydrogens is 214 g/mol. The van der Waals surface area contributed by atoms with Gasteiger partial charge in [0.25, 0.3) is 0 Å². The van der Waals surface area contributed by atoms with Gasteiger partial charge in [0.15, 0.2) is 5.65 Å². The fourth-order valence-corrected chi connectivity index (χ4v) is 2.46. The van der Waals surface area contributed by atoms with Crippen LogP contribution < -0.4 is 5.73 Å². The Labute approximate surface area is 100 Å². The molecule has 0 aromatic carbocycles. The molecule has 0 radical (unpaired) electrons. The largest absolute Gasteiger partial charge is 0.397 e. The van der Waals surface area contributed by atoms with Crippen molar-refractivity contribution in [3.8, 4) is 0 Å². The van der Waals surface area contributed by atoms with E-state index >= 15 is 0 Å². The molecule has 1 aliphatic heterocycles. The van der Waals surface area contributed by atoms with E-state index in [0.717, 1.165) is 37.0 Å². The van der Waals surface area contributed by atoms with E-state index in [2.05, 4.69) is 26.7 Å². The normalized spacial score (nSPS) is 18.9. The molecule has 5 heteroatoms. The average molecular weight is 231 g/mol. The third-order valence-corrected chi connectivity index (χ3v) is 3.49. The van der Waals surface area contributed by atoms with Crippen LogP contribution in [-0.2, 0) is 0 Å². The molecule has 0 saturated carbocycles. The van der Waals surface area contributed by atoms with Crippen LogP contribution in [0.5, 0.6) is 0 Å². The van der Waals surface area contributed by atoms with Crippen LogP contribution in [0.3, 0.4) is 0 Å². The lowest BCUT2D eigenvalue weighted by atomic mass is 10.1. The molecule has 17 heavy (non-hydrogen) atoms. The summed E-state index contributed by atoms with van der Waals surface area (Å²) in [5, 5.41) is 5.50. The van der Waals surface area contributed by atoms with Crippen LogP contribution >= 0.6 is 0 Å². The Morgan fingerprint density at radius 2 is 2.06 bits per heavy atom. The van der Waals surface area contributed by atoms with Crippen LogP contribution in [0.2, 0.25) is 0 Å². The summed E-state index contributed by atoms with van der Waals surface area (Å²) < 4.78 is 2.06. The second-order valence-corrected chi connectivity index (χ2v) is 4.81. The Bertz CT molecular complexity index is 525. The van der Waals surface area contributed by atoms with Gasteiger partial charge in [0.2, 0.25) is 0 Å². The van der Waals surface area contributed by atoms with Gasteiger partial charge in [-0.15, -0.1) is 0 Å². The van der Waals surface area contributed by atoms with E-state index in [4.69, 9.17) is 5.73 Å². The minimum atomic E-state index is 0.472. The molecule has 0 bridgehead atoms. The molecule has 1 fully saturated rings. The van der Waals surface area contributed by atoms with Gasteiger partial charge in [-0.2, -0.15) is 5.10 Å². The number of likely N-dealkylation sites (tertiary alicyclic amines) is 1. The van der Waals surface area contributed by atoms with Gasteiger partial charge in [-0.05, 0) is 39.0 Å². The molecule has 0 spiro atoms. The lowest BCUT2D eigenvalue weighted by molar-refractivity contribution is 0.215. The van der Waals surface area contributed by atoms with Gasteiger partial charge in [0.1, 0.15) is 0 Å². The standard InChI is InChI=1S/C12H17N5/c1-16-4-2-11(3-5-16)17-12-9(7-15-17)6-10(13)8-14-12/h6-8,11H,2-5,13H2,1H3. The monoisotopic (exact) mass is 231 g/mol. The Hall–Kier alpha value is -1.62. The van der Waals surface area contributed by atoms with Gasteiger partial charge in [-0.1, -0.05) is 0 Å². The highest BCUT2D eigenvalue weighted by Crippen LogP contribution is 2.25. The molecule has 2 aromatic heterocycles. The van der Waals surface area contributed by atoms with E-state index in [1.54, 1.807) is 6.20 Å². The molecule has 0 unspecified atom stereocenters. The van der Waals surface area contributed by atoms with Crippen molar-refractivity contribution in [2.24, 2.45) is 0 Å². The minimum absolute atomic E-state index is 0.472. The van der Waals surface area contributed by atoms with Gasteiger partial charge in [0.05, 0.1) is 24.1 Å². The van der Waals surface area contributed by atoms with Gasteiger partial charge in [-0.25, -0.2) is 9.67 Å². The first-order valence-electron chi connectivity index (χ1n) is 6.01. The summed E-state index contributed by atoms with van der Waals surface area (Å²) in [4.78, 5) is 6.75. The van der Waals surface area contributed by atoms with E-state index in [-0.39, 0.29) is 0 Å². The van der Waals surface area contributed by atoms with E-state index in [1.165, 1.54) is 0 Å². The Balaban J connectivity index is 1.95. The second kappa shape index (κ2) is 4.00. The van der Waals surface area contributed by atoms with Crippen molar-refractivity contribution in [2.75, 3.05) is 25.9 Å². The molecule has 3 rings (SSSR count). The van der Waals surface area contributed by atoms with E-state index in [0.29, 0.717) is 11.7 Å². The highest BCUT2D eigenvalue weighted by molar-refractivity contribution is 5.77. The molecule has 0 amide bonds. The number of aromatic nitrogens is 3. The van der Waals surface area contributed by atoms with Crippen molar-refractivity contribution in [2.45, 2.75) is 18.9 Å². The highest BCUT2D eigenvalue weighted by Gasteiger charge is 2.20. The maximum atomic E-state index is 5.72. The summed E-state index contributed by atoms with van der Waals surface area (Å²) in [5.74, 6) is 0. The zero-order chi connectivity index (χ0) is 11.8. The summed E-state index contributed by atoms with van der Waals surface area (Å²) in [5.41, 5.74) is 7.37. The number of hydrogen-bond donors (Lipinski definition) is 1. The maximum absolute atomic E-state index is 5.72. The predicted molar refractivity (Wildman–Crippen MR) is 67.7 cm³/mol. The number of nitrogen functional groups attached to an aromatic ring is 1.